The molecule has 1 saturated heterocycles. The van der Waals surface area contributed by atoms with Gasteiger partial charge in [-0.3, -0.25) is 0 Å². The third-order valence-electron chi connectivity index (χ3n) is 5.19. The summed E-state index contributed by atoms with van der Waals surface area (Å²) in [7, 11) is 0. The number of ether oxygens (including phenoxy) is 1. The lowest BCUT2D eigenvalue weighted by Gasteiger charge is -2.41. The summed E-state index contributed by atoms with van der Waals surface area (Å²) < 4.78 is 47.3. The molecule has 0 spiro atoms. The smallest absolute Gasteiger partial charge is 0.194 e. The standard InChI is InChI=1S/C21H20F3N3O4S/c1-10-3-2-4-12(5-10)32-21-20(30)18(19(29)16(9-28)31-21)27-8-15(25-26-27)11-6-13(22)17(24)14(23)7-11/h2-8,16,18-21,28-30H,9H2,1H3/t16-,18+,19+,20-,21-/m1/s1. The molecule has 0 bridgehead atoms. The van der Waals surface area contributed by atoms with E-state index >= 15 is 0 Å². The van der Waals surface area contributed by atoms with E-state index in [0.29, 0.717) is 0 Å². The van der Waals surface area contributed by atoms with Gasteiger partial charge in [0.2, 0.25) is 0 Å². The maximum Gasteiger partial charge on any atom is 0.194 e. The molecule has 0 aliphatic carbocycles. The fraction of sp³-hybridized carbons (Fsp3) is 0.333. The van der Waals surface area contributed by atoms with E-state index in [1.165, 1.54) is 18.0 Å². The molecule has 1 fully saturated rings. The van der Waals surface area contributed by atoms with Gasteiger partial charge >= 0.3 is 0 Å². The number of aryl methyl sites for hydroxylation is 1. The van der Waals surface area contributed by atoms with Gasteiger partial charge in [0.1, 0.15) is 35.5 Å². The second kappa shape index (κ2) is 9.20. The van der Waals surface area contributed by atoms with Gasteiger partial charge in [0.25, 0.3) is 0 Å². The number of aliphatic hydroxyl groups is 3. The molecular weight excluding hydrogens is 447 g/mol. The van der Waals surface area contributed by atoms with Crippen LogP contribution in [0.2, 0.25) is 0 Å². The maximum absolute atomic E-state index is 13.6. The van der Waals surface area contributed by atoms with Crippen LogP contribution in [0.15, 0.2) is 47.5 Å². The van der Waals surface area contributed by atoms with Crippen LogP contribution in [-0.2, 0) is 4.74 Å². The average Bonchev–Trinajstić information content (AvgIpc) is 3.23. The summed E-state index contributed by atoms with van der Waals surface area (Å²) in [5.74, 6) is -4.36. The minimum Gasteiger partial charge on any atom is -0.394 e. The maximum atomic E-state index is 13.6. The van der Waals surface area contributed by atoms with Gasteiger partial charge in [0.05, 0.1) is 12.8 Å². The summed E-state index contributed by atoms with van der Waals surface area (Å²) in [6, 6.07) is 8.00. The summed E-state index contributed by atoms with van der Waals surface area (Å²) in [6.45, 7) is 1.41. The number of thioether (sulfide) groups is 1. The summed E-state index contributed by atoms with van der Waals surface area (Å²) in [5.41, 5.74) is 0.108. The first-order valence-corrected chi connectivity index (χ1v) is 10.6. The largest absolute Gasteiger partial charge is 0.394 e. The van der Waals surface area contributed by atoms with E-state index in [1.54, 1.807) is 0 Å². The molecule has 0 unspecified atom stereocenters. The van der Waals surface area contributed by atoms with Crippen LogP contribution >= 0.6 is 11.8 Å². The lowest BCUT2D eigenvalue weighted by atomic mass is 9.97. The van der Waals surface area contributed by atoms with Gasteiger partial charge in [-0.2, -0.15) is 0 Å². The molecule has 0 saturated carbocycles. The van der Waals surface area contributed by atoms with E-state index < -0.39 is 53.8 Å². The minimum absolute atomic E-state index is 0.0112. The summed E-state index contributed by atoms with van der Waals surface area (Å²) >= 11 is 1.22. The third-order valence-corrected chi connectivity index (χ3v) is 6.33. The van der Waals surface area contributed by atoms with Gasteiger partial charge in [0.15, 0.2) is 17.5 Å². The first kappa shape index (κ1) is 22.7. The predicted molar refractivity (Wildman–Crippen MR) is 109 cm³/mol. The Balaban J connectivity index is 1.64. The molecule has 4 rings (SSSR count). The number of aliphatic hydroxyl groups excluding tert-OH is 3. The Morgan fingerprint density at radius 3 is 2.47 bits per heavy atom. The van der Waals surface area contributed by atoms with E-state index in [-0.39, 0.29) is 11.3 Å². The second-order valence-corrected chi connectivity index (χ2v) is 8.64. The Hall–Kier alpha value is -2.44. The fourth-order valence-electron chi connectivity index (χ4n) is 3.56. The van der Waals surface area contributed by atoms with Crippen LogP contribution < -0.4 is 0 Å². The summed E-state index contributed by atoms with van der Waals surface area (Å²) in [5, 5.41) is 39.0. The molecule has 1 aliphatic heterocycles. The van der Waals surface area contributed by atoms with Crippen molar-refractivity contribution in [1.82, 2.24) is 15.0 Å². The Kier molecular flexibility index (Phi) is 6.54. The van der Waals surface area contributed by atoms with E-state index in [9.17, 15) is 28.5 Å². The van der Waals surface area contributed by atoms with Crippen LogP contribution in [0.5, 0.6) is 0 Å². The number of benzene rings is 2. The van der Waals surface area contributed by atoms with Gasteiger partial charge in [-0.1, -0.05) is 34.7 Å². The first-order chi connectivity index (χ1) is 15.3. The van der Waals surface area contributed by atoms with Gasteiger partial charge in [0, 0.05) is 10.5 Å². The number of aromatic nitrogens is 3. The quantitative estimate of drug-likeness (QED) is 0.496. The van der Waals surface area contributed by atoms with Crippen LogP contribution in [0.25, 0.3) is 11.3 Å². The monoisotopic (exact) mass is 467 g/mol. The van der Waals surface area contributed by atoms with Gasteiger partial charge in [-0.15, -0.1) is 5.10 Å². The van der Waals surface area contributed by atoms with Gasteiger partial charge < -0.3 is 20.1 Å². The molecule has 3 N–H and O–H groups in total. The first-order valence-electron chi connectivity index (χ1n) is 9.71. The van der Waals surface area contributed by atoms with Crippen LogP contribution in [0.4, 0.5) is 13.2 Å². The van der Waals surface area contributed by atoms with Crippen molar-refractivity contribution in [3.63, 3.8) is 0 Å². The van der Waals surface area contributed by atoms with E-state index in [4.69, 9.17) is 4.74 Å². The van der Waals surface area contributed by atoms with Crippen molar-refractivity contribution < 1.29 is 33.2 Å². The Morgan fingerprint density at radius 2 is 1.81 bits per heavy atom. The third kappa shape index (κ3) is 4.39. The van der Waals surface area contributed by atoms with Crippen molar-refractivity contribution in [2.45, 2.75) is 41.6 Å². The highest BCUT2D eigenvalue weighted by Gasteiger charge is 2.46. The molecule has 170 valence electrons. The topological polar surface area (TPSA) is 101 Å². The lowest BCUT2D eigenvalue weighted by Crippen LogP contribution is -2.55. The molecule has 5 atom stereocenters. The number of rotatable bonds is 5. The van der Waals surface area contributed by atoms with Crippen molar-refractivity contribution in [2.24, 2.45) is 0 Å². The van der Waals surface area contributed by atoms with E-state index in [1.807, 2.05) is 31.2 Å². The highest BCUT2D eigenvalue weighted by molar-refractivity contribution is 7.99. The van der Waals surface area contributed by atoms with Crippen LogP contribution in [0.1, 0.15) is 11.6 Å². The Labute approximate surface area is 185 Å². The molecule has 11 heteroatoms. The van der Waals surface area contributed by atoms with Crippen molar-refractivity contribution in [3.05, 3.63) is 65.6 Å². The highest BCUT2D eigenvalue weighted by atomic mass is 32.2. The number of hydrogen-bond acceptors (Lipinski definition) is 7. The van der Waals surface area contributed by atoms with E-state index in [2.05, 4.69) is 10.3 Å². The number of nitrogens with zero attached hydrogens (tertiary/aromatic N) is 3. The molecule has 3 aromatic rings. The van der Waals surface area contributed by atoms with E-state index in [0.717, 1.165) is 27.3 Å². The Morgan fingerprint density at radius 1 is 1.09 bits per heavy atom. The van der Waals surface area contributed by atoms with Gasteiger partial charge in [-0.05, 0) is 31.2 Å². The molecule has 32 heavy (non-hydrogen) atoms. The van der Waals surface area contributed by atoms with Crippen molar-refractivity contribution >= 4 is 11.8 Å². The second-order valence-electron chi connectivity index (χ2n) is 7.47. The molecule has 0 amide bonds. The molecule has 1 aliphatic rings. The summed E-state index contributed by atoms with van der Waals surface area (Å²) in [4.78, 5) is 0.817. The fourth-order valence-corrected chi connectivity index (χ4v) is 4.74. The molecule has 2 aromatic carbocycles. The molecule has 1 aromatic heterocycles. The van der Waals surface area contributed by atoms with Crippen LogP contribution in [0.3, 0.4) is 0 Å². The van der Waals surface area contributed by atoms with Crippen LogP contribution in [-0.4, -0.2) is 60.7 Å². The zero-order valence-electron chi connectivity index (χ0n) is 16.8. The van der Waals surface area contributed by atoms with Crippen molar-refractivity contribution in [2.75, 3.05) is 6.61 Å². The highest BCUT2D eigenvalue weighted by Crippen LogP contribution is 2.38. The number of halogens is 3. The minimum atomic E-state index is -1.60. The Bertz CT molecular complexity index is 1090. The zero-order chi connectivity index (χ0) is 23.0. The zero-order valence-corrected chi connectivity index (χ0v) is 17.6. The summed E-state index contributed by atoms with van der Waals surface area (Å²) in [6.07, 6.45) is -2.36. The average molecular weight is 467 g/mol. The van der Waals surface area contributed by atoms with Crippen molar-refractivity contribution in [3.8, 4) is 11.3 Å². The van der Waals surface area contributed by atoms with Crippen molar-refractivity contribution in [1.29, 1.82) is 0 Å². The molecule has 7 nitrogen and oxygen atoms in total. The predicted octanol–water partition coefficient (Wildman–Crippen LogP) is 2.44. The SMILES string of the molecule is Cc1cccc(S[C@H]2O[C@H](CO)[C@H](O)[C@H](n3cc(-c4cc(F)c(F)c(F)c4)nn3)[C@H]2O)c1. The van der Waals surface area contributed by atoms with Gasteiger partial charge in [-0.25, -0.2) is 17.9 Å². The molecule has 0 radical (unpaired) electrons. The van der Waals surface area contributed by atoms with Crippen LogP contribution in [0, 0.1) is 24.4 Å². The normalized spacial score (nSPS) is 25.8. The lowest BCUT2D eigenvalue weighted by molar-refractivity contribution is -0.178. The molecule has 2 heterocycles. The number of hydrogen-bond donors (Lipinski definition) is 3. The molecular formula is C21H20F3N3O4S.